The Morgan fingerprint density at radius 2 is 2.29 bits per heavy atom. The highest BCUT2D eigenvalue weighted by atomic mass is 16.5. The van der Waals surface area contributed by atoms with Crippen molar-refractivity contribution in [1.29, 1.82) is 10.7 Å². The van der Waals surface area contributed by atoms with E-state index in [0.717, 1.165) is 0 Å². The van der Waals surface area contributed by atoms with Crippen LogP contribution in [0.4, 0.5) is 5.69 Å². The number of rotatable bonds is 5. The molecule has 1 aromatic rings. The van der Waals surface area contributed by atoms with E-state index in [1.54, 1.807) is 24.3 Å². The number of hydrogen-bond donors (Lipinski definition) is 3. The molecule has 0 spiro atoms. The van der Waals surface area contributed by atoms with Crippen molar-refractivity contribution in [2.75, 3.05) is 12.0 Å². The first-order valence-electron chi connectivity index (χ1n) is 4.99. The summed E-state index contributed by atoms with van der Waals surface area (Å²) in [5.41, 5.74) is 8.26. The number of nitrogens with zero attached hydrogens (tertiary/aromatic N) is 2. The number of ether oxygens (including phenoxy) is 1. The van der Waals surface area contributed by atoms with Crippen molar-refractivity contribution in [2.24, 2.45) is 10.8 Å². The van der Waals surface area contributed by atoms with Gasteiger partial charge in [-0.25, -0.2) is 0 Å². The summed E-state index contributed by atoms with van der Waals surface area (Å²) in [5.74, 6) is 0.244. The molecule has 17 heavy (non-hydrogen) atoms. The molecule has 0 fully saturated rings. The van der Waals surface area contributed by atoms with Gasteiger partial charge in [0, 0.05) is 0 Å². The van der Waals surface area contributed by atoms with Crippen molar-refractivity contribution in [1.82, 2.24) is 0 Å². The van der Waals surface area contributed by atoms with E-state index in [1.165, 1.54) is 0 Å². The van der Waals surface area contributed by atoms with E-state index in [9.17, 15) is 0 Å². The molecule has 88 valence electrons. The van der Waals surface area contributed by atoms with Crippen LogP contribution >= 0.6 is 0 Å². The molecule has 0 aliphatic rings. The van der Waals surface area contributed by atoms with Gasteiger partial charge in [-0.05, 0) is 19.1 Å². The van der Waals surface area contributed by atoms with Crippen LogP contribution in [0.2, 0.25) is 0 Å². The van der Waals surface area contributed by atoms with Crippen LogP contribution in [0.1, 0.15) is 6.92 Å². The Labute approximate surface area is 99.2 Å². The summed E-state index contributed by atoms with van der Waals surface area (Å²) in [5, 5.41) is 19.5. The summed E-state index contributed by atoms with van der Waals surface area (Å²) in [7, 11) is 0. The lowest BCUT2D eigenvalue weighted by Gasteiger charge is -2.08. The molecule has 6 heteroatoms. The summed E-state index contributed by atoms with van der Waals surface area (Å²) in [6.07, 6.45) is 0. The zero-order valence-corrected chi connectivity index (χ0v) is 9.40. The smallest absolute Gasteiger partial charge is 0.201 e. The summed E-state index contributed by atoms with van der Waals surface area (Å²) >= 11 is 0. The molecule has 1 aromatic carbocycles. The Kier molecular flexibility index (Phi) is 4.51. The number of benzene rings is 1. The van der Waals surface area contributed by atoms with E-state index < -0.39 is 0 Å². The predicted molar refractivity (Wildman–Crippen MR) is 66.2 cm³/mol. The lowest BCUT2D eigenvalue weighted by atomic mass is 10.3. The topological polar surface area (TPSA) is 107 Å². The van der Waals surface area contributed by atoms with Gasteiger partial charge in [-0.2, -0.15) is 10.4 Å². The number of anilines is 1. The van der Waals surface area contributed by atoms with Gasteiger partial charge in [0.2, 0.25) is 5.71 Å². The summed E-state index contributed by atoms with van der Waals surface area (Å²) in [6.45, 7) is 2.40. The van der Waals surface area contributed by atoms with E-state index in [1.807, 2.05) is 13.0 Å². The lowest BCUT2D eigenvalue weighted by molar-refractivity contribution is 0.342. The zero-order valence-electron chi connectivity index (χ0n) is 9.40. The van der Waals surface area contributed by atoms with Gasteiger partial charge >= 0.3 is 0 Å². The first-order chi connectivity index (χ1) is 8.19. The average molecular weight is 231 g/mol. The third-order valence-electron chi connectivity index (χ3n) is 1.84. The number of para-hydroxylation sites is 2. The van der Waals surface area contributed by atoms with Crippen LogP contribution in [0, 0.1) is 16.7 Å². The Morgan fingerprint density at radius 1 is 1.59 bits per heavy atom. The molecule has 0 unspecified atom stereocenters. The standard InChI is InChI=1S/C11H13N5O/c1-2-17-10-6-4-3-5-8(10)15-16-9(7-12)11(13)14/h3-6,15H,2H2,1H3,(H3,13,14)/b16-9+. The molecule has 0 aliphatic heterocycles. The van der Waals surface area contributed by atoms with Gasteiger partial charge in [0.15, 0.2) is 5.84 Å². The number of nitrogens with one attached hydrogen (secondary N) is 2. The lowest BCUT2D eigenvalue weighted by Crippen LogP contribution is -2.21. The number of hydrogen-bond acceptors (Lipinski definition) is 5. The van der Waals surface area contributed by atoms with Crippen molar-refractivity contribution in [3.05, 3.63) is 24.3 Å². The van der Waals surface area contributed by atoms with Crippen molar-refractivity contribution in [3.8, 4) is 11.8 Å². The highest BCUT2D eigenvalue weighted by Gasteiger charge is 2.03. The van der Waals surface area contributed by atoms with Crippen LogP contribution in [0.15, 0.2) is 29.4 Å². The largest absolute Gasteiger partial charge is 0.492 e. The van der Waals surface area contributed by atoms with E-state index in [4.69, 9.17) is 21.1 Å². The molecule has 0 aromatic heterocycles. The average Bonchev–Trinajstić information content (AvgIpc) is 2.32. The summed E-state index contributed by atoms with van der Waals surface area (Å²) in [4.78, 5) is 0. The third kappa shape index (κ3) is 3.50. The number of nitrogens with two attached hydrogens (primary N) is 1. The first-order valence-corrected chi connectivity index (χ1v) is 4.99. The maximum atomic E-state index is 8.67. The van der Waals surface area contributed by atoms with Gasteiger partial charge in [0.25, 0.3) is 0 Å². The Morgan fingerprint density at radius 3 is 2.88 bits per heavy atom. The van der Waals surface area contributed by atoms with Crippen molar-refractivity contribution in [2.45, 2.75) is 6.92 Å². The van der Waals surface area contributed by atoms with Crippen LogP contribution in [-0.4, -0.2) is 18.2 Å². The Bertz CT molecular complexity index is 475. The molecule has 1 rings (SSSR count). The van der Waals surface area contributed by atoms with Crippen LogP contribution < -0.4 is 15.9 Å². The molecule has 0 heterocycles. The fourth-order valence-corrected chi connectivity index (χ4v) is 1.10. The maximum absolute atomic E-state index is 8.67. The number of hydrazone groups is 1. The van der Waals surface area contributed by atoms with Gasteiger partial charge in [-0.3, -0.25) is 10.8 Å². The van der Waals surface area contributed by atoms with E-state index >= 15 is 0 Å². The van der Waals surface area contributed by atoms with Crippen molar-refractivity contribution >= 4 is 17.2 Å². The molecule has 4 N–H and O–H groups in total. The van der Waals surface area contributed by atoms with E-state index in [0.29, 0.717) is 18.0 Å². The van der Waals surface area contributed by atoms with Crippen LogP contribution in [0.5, 0.6) is 5.75 Å². The molecular formula is C11H13N5O. The molecule has 0 aliphatic carbocycles. The van der Waals surface area contributed by atoms with Gasteiger partial charge in [0.05, 0.1) is 12.3 Å². The zero-order chi connectivity index (χ0) is 12.7. The van der Waals surface area contributed by atoms with Crippen molar-refractivity contribution < 1.29 is 4.74 Å². The van der Waals surface area contributed by atoms with E-state index in [2.05, 4.69) is 10.5 Å². The Balaban J connectivity index is 2.89. The fourth-order valence-electron chi connectivity index (χ4n) is 1.10. The minimum atomic E-state index is -0.381. The van der Waals surface area contributed by atoms with Gasteiger partial charge < -0.3 is 10.5 Å². The minimum absolute atomic E-state index is 0.170. The maximum Gasteiger partial charge on any atom is 0.201 e. The molecule has 0 saturated carbocycles. The number of nitriles is 1. The third-order valence-corrected chi connectivity index (χ3v) is 1.84. The van der Waals surface area contributed by atoms with Crippen molar-refractivity contribution in [3.63, 3.8) is 0 Å². The monoisotopic (exact) mass is 231 g/mol. The number of amidine groups is 1. The molecule has 0 radical (unpaired) electrons. The molecule has 0 atom stereocenters. The van der Waals surface area contributed by atoms with Gasteiger partial charge in [-0.15, -0.1) is 0 Å². The molecule has 0 amide bonds. The fraction of sp³-hybridized carbons (Fsp3) is 0.182. The minimum Gasteiger partial charge on any atom is -0.492 e. The predicted octanol–water partition coefficient (Wildman–Crippen LogP) is 1.31. The van der Waals surface area contributed by atoms with Crippen LogP contribution in [0.25, 0.3) is 0 Å². The quantitative estimate of drug-likeness (QED) is 0.403. The highest BCUT2D eigenvalue weighted by molar-refractivity contribution is 6.45. The first kappa shape index (κ1) is 12.5. The SMILES string of the molecule is CCOc1ccccc1N/N=C(\C#N)C(=N)N. The van der Waals surface area contributed by atoms with E-state index in [-0.39, 0.29) is 11.5 Å². The highest BCUT2D eigenvalue weighted by Crippen LogP contribution is 2.23. The second-order valence-electron chi connectivity index (χ2n) is 3.03. The van der Waals surface area contributed by atoms with Gasteiger partial charge in [0.1, 0.15) is 11.8 Å². The second kappa shape index (κ2) is 6.12. The van der Waals surface area contributed by atoms with Crippen LogP contribution in [-0.2, 0) is 0 Å². The summed E-state index contributed by atoms with van der Waals surface area (Å²) in [6, 6.07) is 8.89. The molecule has 0 saturated heterocycles. The molecule has 0 bridgehead atoms. The molecular weight excluding hydrogens is 218 g/mol. The van der Waals surface area contributed by atoms with Crippen LogP contribution in [0.3, 0.4) is 0 Å². The normalized spacial score (nSPS) is 10.5. The molecule has 6 nitrogen and oxygen atoms in total. The second-order valence-corrected chi connectivity index (χ2v) is 3.03. The summed E-state index contributed by atoms with van der Waals surface area (Å²) < 4.78 is 5.36. The van der Waals surface area contributed by atoms with Gasteiger partial charge in [-0.1, -0.05) is 12.1 Å². The Hall–Kier alpha value is -2.55.